The molecule has 0 aromatic heterocycles. The minimum absolute atomic E-state index is 0.361. The summed E-state index contributed by atoms with van der Waals surface area (Å²) in [7, 11) is 0. The normalized spacial score (nSPS) is 32.5. The van der Waals surface area contributed by atoms with Crippen molar-refractivity contribution in [1.29, 1.82) is 0 Å². The van der Waals surface area contributed by atoms with Crippen LogP contribution >= 0.6 is 15.9 Å². The molecule has 2 atom stereocenters. The fourth-order valence-electron chi connectivity index (χ4n) is 2.54. The quantitative estimate of drug-likeness (QED) is 0.900. The van der Waals surface area contributed by atoms with Crippen LogP contribution in [0.5, 0.6) is 0 Å². The lowest BCUT2D eigenvalue weighted by atomic mass is 9.77. The standard InChI is InChI=1S/C14H18BrFO2/c1-3-13(2)9-14(17,7-8-18-13)10-5-4-6-11(15)12(10)16/h4-6,17H,3,7-9H2,1-2H3. The topological polar surface area (TPSA) is 29.5 Å². The van der Waals surface area contributed by atoms with Gasteiger partial charge < -0.3 is 9.84 Å². The third-order valence-electron chi connectivity index (χ3n) is 3.83. The fourth-order valence-corrected chi connectivity index (χ4v) is 2.91. The molecule has 0 amide bonds. The van der Waals surface area contributed by atoms with Gasteiger partial charge in [0.2, 0.25) is 0 Å². The maximum absolute atomic E-state index is 14.1. The first-order valence-electron chi connectivity index (χ1n) is 6.21. The van der Waals surface area contributed by atoms with E-state index in [1.165, 1.54) is 0 Å². The zero-order valence-corrected chi connectivity index (χ0v) is 12.3. The van der Waals surface area contributed by atoms with Crippen LogP contribution in [0.15, 0.2) is 22.7 Å². The molecule has 1 aliphatic heterocycles. The van der Waals surface area contributed by atoms with Gasteiger partial charge in [0.05, 0.1) is 22.3 Å². The maximum atomic E-state index is 14.1. The third-order valence-corrected chi connectivity index (χ3v) is 4.45. The predicted octanol–water partition coefficient (Wildman–Crippen LogP) is 3.75. The van der Waals surface area contributed by atoms with Crippen molar-refractivity contribution in [1.82, 2.24) is 0 Å². The van der Waals surface area contributed by atoms with Crippen molar-refractivity contribution >= 4 is 15.9 Å². The fraction of sp³-hybridized carbons (Fsp3) is 0.571. The summed E-state index contributed by atoms with van der Waals surface area (Å²) in [5.74, 6) is -0.375. The molecule has 2 rings (SSSR count). The lowest BCUT2D eigenvalue weighted by Crippen LogP contribution is -2.45. The number of hydrogen-bond acceptors (Lipinski definition) is 2. The first-order valence-corrected chi connectivity index (χ1v) is 7.00. The third kappa shape index (κ3) is 2.46. The summed E-state index contributed by atoms with van der Waals surface area (Å²) in [5.41, 5.74) is -1.17. The molecule has 1 aliphatic rings. The highest BCUT2D eigenvalue weighted by molar-refractivity contribution is 9.10. The van der Waals surface area contributed by atoms with Crippen LogP contribution in [0.2, 0.25) is 0 Å². The SMILES string of the molecule is CCC1(C)CC(O)(c2cccc(Br)c2F)CCO1. The largest absolute Gasteiger partial charge is 0.385 e. The van der Waals surface area contributed by atoms with Gasteiger partial charge in [-0.3, -0.25) is 0 Å². The van der Waals surface area contributed by atoms with Crippen LogP contribution in [0.25, 0.3) is 0 Å². The Kier molecular flexibility index (Phi) is 3.81. The van der Waals surface area contributed by atoms with Crippen molar-refractivity contribution in [3.8, 4) is 0 Å². The van der Waals surface area contributed by atoms with Gasteiger partial charge in [0.15, 0.2) is 0 Å². The molecule has 4 heteroatoms. The zero-order valence-electron chi connectivity index (χ0n) is 10.7. The van der Waals surface area contributed by atoms with Gasteiger partial charge in [0.1, 0.15) is 5.82 Å². The number of benzene rings is 1. The molecule has 100 valence electrons. The number of rotatable bonds is 2. The highest BCUT2D eigenvalue weighted by Crippen LogP contribution is 2.42. The van der Waals surface area contributed by atoms with E-state index >= 15 is 0 Å². The zero-order chi connectivity index (χ0) is 13.4. The summed E-state index contributed by atoms with van der Waals surface area (Å²) in [6.07, 6.45) is 1.64. The second-order valence-corrected chi connectivity index (χ2v) is 6.07. The van der Waals surface area contributed by atoms with E-state index in [1.807, 2.05) is 13.8 Å². The Labute approximate surface area is 115 Å². The number of halogens is 2. The summed E-state index contributed by atoms with van der Waals surface area (Å²) >= 11 is 3.17. The molecule has 1 saturated heterocycles. The molecule has 0 spiro atoms. The molecule has 2 unspecified atom stereocenters. The van der Waals surface area contributed by atoms with Crippen LogP contribution < -0.4 is 0 Å². The Morgan fingerprint density at radius 3 is 2.89 bits per heavy atom. The van der Waals surface area contributed by atoms with Crippen molar-refractivity contribution in [3.63, 3.8) is 0 Å². The number of hydrogen-bond donors (Lipinski definition) is 1. The first-order chi connectivity index (χ1) is 8.40. The van der Waals surface area contributed by atoms with Crippen molar-refractivity contribution in [2.45, 2.75) is 44.3 Å². The minimum Gasteiger partial charge on any atom is -0.385 e. The molecule has 0 radical (unpaired) electrons. The second-order valence-electron chi connectivity index (χ2n) is 5.21. The van der Waals surface area contributed by atoms with Crippen molar-refractivity contribution in [3.05, 3.63) is 34.1 Å². The average molecular weight is 317 g/mol. The van der Waals surface area contributed by atoms with Crippen molar-refractivity contribution in [2.24, 2.45) is 0 Å². The molecule has 1 aromatic carbocycles. The Balaban J connectivity index is 2.39. The summed E-state index contributed by atoms with van der Waals surface area (Å²) < 4.78 is 20.2. The minimum atomic E-state index is -1.14. The van der Waals surface area contributed by atoms with Gasteiger partial charge in [-0.2, -0.15) is 0 Å². The Bertz CT molecular complexity index is 451. The highest BCUT2D eigenvalue weighted by atomic mass is 79.9. The Morgan fingerprint density at radius 2 is 2.22 bits per heavy atom. The van der Waals surface area contributed by atoms with Gasteiger partial charge in [-0.05, 0) is 35.3 Å². The van der Waals surface area contributed by atoms with Crippen molar-refractivity contribution in [2.75, 3.05) is 6.61 Å². The molecule has 1 heterocycles. The van der Waals surface area contributed by atoms with E-state index in [0.717, 1.165) is 6.42 Å². The molecule has 0 aliphatic carbocycles. The van der Waals surface area contributed by atoms with Gasteiger partial charge in [-0.1, -0.05) is 19.1 Å². The first kappa shape index (κ1) is 14.0. The van der Waals surface area contributed by atoms with E-state index < -0.39 is 5.60 Å². The van der Waals surface area contributed by atoms with E-state index in [4.69, 9.17) is 4.74 Å². The van der Waals surface area contributed by atoms with Crippen LogP contribution in [-0.4, -0.2) is 17.3 Å². The molecular weight excluding hydrogens is 299 g/mol. The van der Waals surface area contributed by atoms with Crippen LogP contribution in [0.1, 0.15) is 38.7 Å². The van der Waals surface area contributed by atoms with Gasteiger partial charge in [0, 0.05) is 18.4 Å². The van der Waals surface area contributed by atoms with Gasteiger partial charge in [-0.25, -0.2) is 4.39 Å². The lowest BCUT2D eigenvalue weighted by Gasteiger charge is -2.43. The molecule has 18 heavy (non-hydrogen) atoms. The molecule has 2 nitrogen and oxygen atoms in total. The molecular formula is C14H18BrFO2. The number of aliphatic hydroxyl groups is 1. The van der Waals surface area contributed by atoms with E-state index in [9.17, 15) is 9.50 Å². The van der Waals surface area contributed by atoms with Crippen molar-refractivity contribution < 1.29 is 14.2 Å². The Hall–Kier alpha value is -0.450. The highest BCUT2D eigenvalue weighted by Gasteiger charge is 2.43. The smallest absolute Gasteiger partial charge is 0.143 e. The predicted molar refractivity (Wildman–Crippen MR) is 71.9 cm³/mol. The van der Waals surface area contributed by atoms with Crippen LogP contribution in [0.4, 0.5) is 4.39 Å². The average Bonchev–Trinajstić information content (AvgIpc) is 2.32. The van der Waals surface area contributed by atoms with Crippen LogP contribution in [0.3, 0.4) is 0 Å². The summed E-state index contributed by atoms with van der Waals surface area (Å²) in [6, 6.07) is 5.04. The lowest BCUT2D eigenvalue weighted by molar-refractivity contribution is -0.158. The van der Waals surface area contributed by atoms with E-state index in [2.05, 4.69) is 15.9 Å². The number of ether oxygens (including phenoxy) is 1. The van der Waals surface area contributed by atoms with E-state index in [0.29, 0.717) is 29.5 Å². The van der Waals surface area contributed by atoms with E-state index in [-0.39, 0.29) is 11.4 Å². The monoisotopic (exact) mass is 316 g/mol. The maximum Gasteiger partial charge on any atom is 0.143 e. The second kappa shape index (κ2) is 4.91. The molecule has 1 aromatic rings. The molecule has 0 bridgehead atoms. The molecule has 1 N–H and O–H groups in total. The molecule has 0 saturated carbocycles. The van der Waals surface area contributed by atoms with E-state index in [1.54, 1.807) is 18.2 Å². The summed E-state index contributed by atoms with van der Waals surface area (Å²) in [6.45, 7) is 4.43. The van der Waals surface area contributed by atoms with Crippen LogP contribution in [0, 0.1) is 5.82 Å². The van der Waals surface area contributed by atoms with Gasteiger partial charge in [-0.15, -0.1) is 0 Å². The molecule has 1 fully saturated rings. The van der Waals surface area contributed by atoms with Crippen LogP contribution in [-0.2, 0) is 10.3 Å². The van der Waals surface area contributed by atoms with Gasteiger partial charge in [0.25, 0.3) is 0 Å². The van der Waals surface area contributed by atoms with Gasteiger partial charge >= 0.3 is 0 Å². The summed E-state index contributed by atoms with van der Waals surface area (Å²) in [5, 5.41) is 10.8. The Morgan fingerprint density at radius 1 is 1.50 bits per heavy atom. The summed E-state index contributed by atoms with van der Waals surface area (Å²) in [4.78, 5) is 0.